The van der Waals surface area contributed by atoms with Gasteiger partial charge in [-0.25, -0.2) is 4.98 Å². The zero-order valence-electron chi connectivity index (χ0n) is 14.6. The van der Waals surface area contributed by atoms with E-state index < -0.39 is 0 Å². The van der Waals surface area contributed by atoms with Crippen LogP contribution in [-0.4, -0.2) is 21.4 Å². The number of hydrogen-bond acceptors (Lipinski definition) is 3. The summed E-state index contributed by atoms with van der Waals surface area (Å²) in [7, 11) is 0. The lowest BCUT2D eigenvalue weighted by Gasteiger charge is -2.15. The monoisotopic (exact) mass is 348 g/mol. The highest BCUT2D eigenvalue weighted by atomic mass is 16.2. The van der Waals surface area contributed by atoms with Crippen LogP contribution in [0.1, 0.15) is 35.8 Å². The summed E-state index contributed by atoms with van der Waals surface area (Å²) in [4.78, 5) is 27.7. The van der Waals surface area contributed by atoms with Crippen molar-refractivity contribution in [3.8, 4) is 5.69 Å². The average Bonchev–Trinajstić information content (AvgIpc) is 3.16. The molecule has 3 rings (SSSR count). The molecule has 132 valence electrons. The van der Waals surface area contributed by atoms with E-state index in [4.69, 9.17) is 0 Å². The zero-order valence-corrected chi connectivity index (χ0v) is 14.6. The van der Waals surface area contributed by atoms with Gasteiger partial charge in [-0.3, -0.25) is 9.59 Å². The number of aromatic nitrogens is 2. The first-order valence-electron chi connectivity index (χ1n) is 8.30. The van der Waals surface area contributed by atoms with E-state index in [1.54, 1.807) is 36.8 Å². The van der Waals surface area contributed by atoms with Crippen molar-refractivity contribution >= 4 is 17.5 Å². The van der Waals surface area contributed by atoms with Gasteiger partial charge in [0.15, 0.2) is 0 Å². The van der Waals surface area contributed by atoms with E-state index in [1.165, 1.54) is 6.92 Å². The Kier molecular flexibility index (Phi) is 5.12. The first-order chi connectivity index (χ1) is 12.5. The molecule has 0 aliphatic carbocycles. The second kappa shape index (κ2) is 7.65. The summed E-state index contributed by atoms with van der Waals surface area (Å²) >= 11 is 0. The number of carbonyl (C=O) groups excluding carboxylic acids is 2. The third kappa shape index (κ3) is 4.16. The third-order valence-corrected chi connectivity index (χ3v) is 3.99. The Hall–Kier alpha value is -3.41. The molecule has 0 aliphatic heterocycles. The molecule has 6 heteroatoms. The molecule has 0 spiro atoms. The molecule has 0 radical (unpaired) electrons. The van der Waals surface area contributed by atoms with Crippen molar-refractivity contribution in [2.75, 3.05) is 5.32 Å². The van der Waals surface area contributed by atoms with Crippen molar-refractivity contribution < 1.29 is 9.59 Å². The number of benzene rings is 2. The minimum absolute atomic E-state index is 0.149. The van der Waals surface area contributed by atoms with Gasteiger partial charge < -0.3 is 15.2 Å². The first-order valence-corrected chi connectivity index (χ1v) is 8.30. The number of nitrogens with one attached hydrogen (secondary N) is 2. The third-order valence-electron chi connectivity index (χ3n) is 3.99. The molecule has 0 saturated heterocycles. The van der Waals surface area contributed by atoms with E-state index in [0.29, 0.717) is 11.3 Å². The zero-order chi connectivity index (χ0) is 18.5. The van der Waals surface area contributed by atoms with Gasteiger partial charge in [0.05, 0.1) is 12.4 Å². The number of imidazole rings is 1. The molecule has 2 N–H and O–H groups in total. The molecular weight excluding hydrogens is 328 g/mol. The standard InChI is InChI=1S/C20H20N4O2/c1-14(16-6-8-19(9-7-16)24-11-10-21-13-24)22-20(26)17-4-3-5-18(12-17)23-15(2)25/h3-14H,1-2H3,(H,22,26)(H,23,25)/t14-/m1/s1. The van der Waals surface area contributed by atoms with Gasteiger partial charge in [-0.05, 0) is 42.8 Å². The van der Waals surface area contributed by atoms with Gasteiger partial charge in [0, 0.05) is 36.3 Å². The summed E-state index contributed by atoms with van der Waals surface area (Å²) in [6, 6.07) is 14.6. The second-order valence-electron chi connectivity index (χ2n) is 6.02. The summed E-state index contributed by atoms with van der Waals surface area (Å²) < 4.78 is 1.92. The van der Waals surface area contributed by atoms with E-state index in [1.807, 2.05) is 42.0 Å². The van der Waals surface area contributed by atoms with Crippen molar-refractivity contribution in [2.45, 2.75) is 19.9 Å². The van der Waals surface area contributed by atoms with Crippen LogP contribution in [0.5, 0.6) is 0 Å². The quantitative estimate of drug-likeness (QED) is 0.743. The Bertz CT molecular complexity index is 902. The van der Waals surface area contributed by atoms with E-state index in [0.717, 1.165) is 11.3 Å². The second-order valence-corrected chi connectivity index (χ2v) is 6.02. The molecule has 26 heavy (non-hydrogen) atoms. The summed E-state index contributed by atoms with van der Waals surface area (Å²) in [5.74, 6) is -0.364. The minimum atomic E-state index is -0.191. The average molecular weight is 348 g/mol. The van der Waals surface area contributed by atoms with Gasteiger partial charge in [-0.2, -0.15) is 0 Å². The lowest BCUT2D eigenvalue weighted by Crippen LogP contribution is -2.26. The summed E-state index contributed by atoms with van der Waals surface area (Å²) in [5.41, 5.74) is 3.11. The maximum atomic E-state index is 12.5. The highest BCUT2D eigenvalue weighted by Crippen LogP contribution is 2.17. The fourth-order valence-corrected chi connectivity index (χ4v) is 2.65. The molecule has 2 aromatic carbocycles. The molecule has 1 aromatic heterocycles. The lowest BCUT2D eigenvalue weighted by molar-refractivity contribution is -0.114. The SMILES string of the molecule is CC(=O)Nc1cccc(C(=O)N[C@H](C)c2ccc(-n3ccnc3)cc2)c1. The van der Waals surface area contributed by atoms with E-state index in [-0.39, 0.29) is 17.9 Å². The molecule has 2 amide bonds. The number of amides is 2. The van der Waals surface area contributed by atoms with Crippen molar-refractivity contribution in [3.63, 3.8) is 0 Å². The van der Waals surface area contributed by atoms with Crippen LogP contribution in [0.25, 0.3) is 5.69 Å². The fourth-order valence-electron chi connectivity index (χ4n) is 2.65. The van der Waals surface area contributed by atoms with Crippen LogP contribution < -0.4 is 10.6 Å². The van der Waals surface area contributed by atoms with Gasteiger partial charge in [0.2, 0.25) is 5.91 Å². The van der Waals surface area contributed by atoms with Crippen LogP contribution in [0.15, 0.2) is 67.3 Å². The van der Waals surface area contributed by atoms with Crippen molar-refractivity contribution in [2.24, 2.45) is 0 Å². The Labute approximate surface area is 151 Å². The topological polar surface area (TPSA) is 76.0 Å². The molecular formula is C20H20N4O2. The van der Waals surface area contributed by atoms with Crippen molar-refractivity contribution in [1.82, 2.24) is 14.9 Å². The Morgan fingerprint density at radius 3 is 2.54 bits per heavy atom. The summed E-state index contributed by atoms with van der Waals surface area (Å²) in [5, 5.41) is 5.65. The van der Waals surface area contributed by atoms with Gasteiger partial charge in [-0.15, -0.1) is 0 Å². The summed E-state index contributed by atoms with van der Waals surface area (Å²) in [6.07, 6.45) is 5.34. The lowest BCUT2D eigenvalue weighted by atomic mass is 10.1. The van der Waals surface area contributed by atoms with Crippen molar-refractivity contribution in [3.05, 3.63) is 78.4 Å². The maximum absolute atomic E-state index is 12.5. The summed E-state index contributed by atoms with van der Waals surface area (Å²) in [6.45, 7) is 3.37. The molecule has 0 saturated carbocycles. The molecule has 0 unspecified atom stereocenters. The van der Waals surface area contributed by atoms with Gasteiger partial charge in [-0.1, -0.05) is 18.2 Å². The smallest absolute Gasteiger partial charge is 0.251 e. The first kappa shape index (κ1) is 17.4. The van der Waals surface area contributed by atoms with E-state index in [9.17, 15) is 9.59 Å². The largest absolute Gasteiger partial charge is 0.346 e. The number of carbonyl (C=O) groups is 2. The van der Waals surface area contributed by atoms with Crippen LogP contribution in [0, 0.1) is 0 Å². The molecule has 3 aromatic rings. The Balaban J connectivity index is 1.68. The molecule has 0 fully saturated rings. The van der Waals surface area contributed by atoms with Crippen LogP contribution in [0.3, 0.4) is 0 Å². The van der Waals surface area contributed by atoms with Crippen LogP contribution in [0.4, 0.5) is 5.69 Å². The Morgan fingerprint density at radius 2 is 1.88 bits per heavy atom. The molecule has 0 aliphatic rings. The molecule has 1 heterocycles. The van der Waals surface area contributed by atoms with Gasteiger partial charge in [0.1, 0.15) is 0 Å². The van der Waals surface area contributed by atoms with Gasteiger partial charge >= 0.3 is 0 Å². The van der Waals surface area contributed by atoms with Crippen LogP contribution in [0.2, 0.25) is 0 Å². The molecule has 0 bridgehead atoms. The van der Waals surface area contributed by atoms with Crippen LogP contribution in [-0.2, 0) is 4.79 Å². The number of hydrogen-bond donors (Lipinski definition) is 2. The van der Waals surface area contributed by atoms with Crippen LogP contribution >= 0.6 is 0 Å². The fraction of sp³-hybridized carbons (Fsp3) is 0.150. The van der Waals surface area contributed by atoms with Crippen molar-refractivity contribution in [1.29, 1.82) is 0 Å². The highest BCUT2D eigenvalue weighted by Gasteiger charge is 2.12. The number of nitrogens with zero attached hydrogens (tertiary/aromatic N) is 2. The Morgan fingerprint density at radius 1 is 1.12 bits per heavy atom. The normalized spacial score (nSPS) is 11.6. The predicted molar refractivity (Wildman–Crippen MR) is 100 cm³/mol. The van der Waals surface area contributed by atoms with E-state index in [2.05, 4.69) is 15.6 Å². The maximum Gasteiger partial charge on any atom is 0.251 e. The highest BCUT2D eigenvalue weighted by molar-refractivity contribution is 5.97. The number of anilines is 1. The predicted octanol–water partition coefficient (Wildman–Crippen LogP) is 3.32. The minimum Gasteiger partial charge on any atom is -0.346 e. The van der Waals surface area contributed by atoms with E-state index >= 15 is 0 Å². The molecule has 1 atom stereocenters. The molecule has 6 nitrogen and oxygen atoms in total. The number of rotatable bonds is 5. The van der Waals surface area contributed by atoms with Gasteiger partial charge in [0.25, 0.3) is 5.91 Å².